The molecule has 2 rings (SSSR count). The molecule has 1 saturated carbocycles. The van der Waals surface area contributed by atoms with E-state index in [-0.39, 0.29) is 23.3 Å². The molecule has 1 aromatic rings. The van der Waals surface area contributed by atoms with Crippen LogP contribution in [0.4, 0.5) is 11.5 Å². The Morgan fingerprint density at radius 1 is 1.43 bits per heavy atom. The zero-order chi connectivity index (χ0) is 15.4. The van der Waals surface area contributed by atoms with Gasteiger partial charge in [0.25, 0.3) is 0 Å². The summed E-state index contributed by atoms with van der Waals surface area (Å²) in [6.07, 6.45) is 5.53. The van der Waals surface area contributed by atoms with Crippen LogP contribution in [0.2, 0.25) is 0 Å². The summed E-state index contributed by atoms with van der Waals surface area (Å²) in [6, 6.07) is 0.256. The second kappa shape index (κ2) is 6.89. The normalized spacial score (nSPS) is 16.1. The molecule has 0 saturated heterocycles. The average Bonchev–Trinajstić information content (AvgIpc) is 2.82. The maximum atomic E-state index is 11.4. The van der Waals surface area contributed by atoms with E-state index in [4.69, 9.17) is 0 Å². The summed E-state index contributed by atoms with van der Waals surface area (Å²) in [7, 11) is 0. The van der Waals surface area contributed by atoms with Crippen molar-refractivity contribution >= 4 is 11.5 Å². The minimum atomic E-state index is -0.350. The molecule has 1 fully saturated rings. The largest absolute Gasteiger partial charge is 0.395 e. The van der Waals surface area contributed by atoms with Crippen LogP contribution in [0.3, 0.4) is 0 Å². The highest BCUT2D eigenvalue weighted by atomic mass is 16.6. The molecule has 0 aromatic carbocycles. The summed E-state index contributed by atoms with van der Waals surface area (Å²) in [5, 5.41) is 25.1. The number of aryl methyl sites for hydroxylation is 2. The molecule has 0 atom stereocenters. The standard InChI is InChI=1S/C14H24N4O3/c1-3-17-14(13(18(20)21)11(2)15-17)16(9-10-19)12-7-5-4-6-8-12/h12,19H,3-10H2,1-2H3. The van der Waals surface area contributed by atoms with Gasteiger partial charge in [0.2, 0.25) is 5.82 Å². The number of rotatable bonds is 6. The maximum absolute atomic E-state index is 11.4. The van der Waals surface area contributed by atoms with Crippen LogP contribution in [-0.2, 0) is 6.54 Å². The fraction of sp³-hybridized carbons (Fsp3) is 0.786. The monoisotopic (exact) mass is 296 g/mol. The molecular formula is C14H24N4O3. The van der Waals surface area contributed by atoms with Gasteiger partial charge in [-0.2, -0.15) is 5.10 Å². The van der Waals surface area contributed by atoms with E-state index in [1.807, 2.05) is 11.8 Å². The third kappa shape index (κ3) is 3.18. The van der Waals surface area contributed by atoms with E-state index in [2.05, 4.69) is 5.10 Å². The summed E-state index contributed by atoms with van der Waals surface area (Å²) in [5.41, 5.74) is 0.520. The Morgan fingerprint density at radius 3 is 2.62 bits per heavy atom. The van der Waals surface area contributed by atoms with E-state index in [0.717, 1.165) is 25.7 Å². The third-order valence-electron chi connectivity index (χ3n) is 4.18. The minimum Gasteiger partial charge on any atom is -0.395 e. The first-order valence-corrected chi connectivity index (χ1v) is 7.69. The van der Waals surface area contributed by atoms with E-state index in [0.29, 0.717) is 24.6 Å². The second-order valence-electron chi connectivity index (χ2n) is 5.54. The molecule has 21 heavy (non-hydrogen) atoms. The highest BCUT2D eigenvalue weighted by Crippen LogP contribution is 2.35. The molecule has 0 unspecified atom stereocenters. The predicted molar refractivity (Wildman–Crippen MR) is 80.6 cm³/mol. The van der Waals surface area contributed by atoms with Gasteiger partial charge in [0.05, 0.1) is 11.5 Å². The van der Waals surface area contributed by atoms with E-state index in [1.165, 1.54) is 6.42 Å². The SMILES string of the molecule is CCn1nc(C)c([N+](=O)[O-])c1N(CCO)C1CCCCC1. The van der Waals surface area contributed by atoms with Crippen LogP contribution < -0.4 is 4.90 Å². The maximum Gasteiger partial charge on any atom is 0.333 e. The first-order chi connectivity index (χ1) is 10.1. The smallest absolute Gasteiger partial charge is 0.333 e. The molecule has 0 amide bonds. The summed E-state index contributed by atoms with van der Waals surface area (Å²) >= 11 is 0. The summed E-state index contributed by atoms with van der Waals surface area (Å²) in [5.74, 6) is 0.556. The summed E-state index contributed by atoms with van der Waals surface area (Å²) in [4.78, 5) is 13.1. The topological polar surface area (TPSA) is 84.4 Å². The highest BCUT2D eigenvalue weighted by molar-refractivity contribution is 5.62. The third-order valence-corrected chi connectivity index (χ3v) is 4.18. The molecule has 0 bridgehead atoms. The lowest BCUT2D eigenvalue weighted by molar-refractivity contribution is -0.384. The summed E-state index contributed by atoms with van der Waals surface area (Å²) in [6.45, 7) is 4.58. The summed E-state index contributed by atoms with van der Waals surface area (Å²) < 4.78 is 1.69. The number of hydrogen-bond donors (Lipinski definition) is 1. The molecule has 7 nitrogen and oxygen atoms in total. The van der Waals surface area contributed by atoms with Gasteiger partial charge >= 0.3 is 5.69 Å². The van der Waals surface area contributed by atoms with E-state index in [9.17, 15) is 15.2 Å². The average molecular weight is 296 g/mol. The molecule has 0 radical (unpaired) electrons. The van der Waals surface area contributed by atoms with Gasteiger partial charge in [-0.1, -0.05) is 19.3 Å². The molecule has 7 heteroatoms. The Bertz CT molecular complexity index is 495. The Morgan fingerprint density at radius 2 is 2.10 bits per heavy atom. The van der Waals surface area contributed by atoms with Gasteiger partial charge in [0, 0.05) is 19.1 Å². The number of aliphatic hydroxyl groups is 1. The molecule has 1 aliphatic rings. The van der Waals surface area contributed by atoms with Crippen LogP contribution >= 0.6 is 0 Å². The van der Waals surface area contributed by atoms with Gasteiger partial charge in [-0.3, -0.25) is 10.1 Å². The van der Waals surface area contributed by atoms with E-state index >= 15 is 0 Å². The molecule has 1 heterocycles. The Balaban J connectivity index is 2.44. The highest BCUT2D eigenvalue weighted by Gasteiger charge is 2.33. The lowest BCUT2D eigenvalue weighted by Gasteiger charge is -2.35. The number of aromatic nitrogens is 2. The number of aliphatic hydroxyl groups excluding tert-OH is 1. The molecule has 1 aliphatic carbocycles. The Hall–Kier alpha value is -1.63. The minimum absolute atomic E-state index is 0.0123. The van der Waals surface area contributed by atoms with Crippen LogP contribution in [0.15, 0.2) is 0 Å². The zero-order valence-electron chi connectivity index (χ0n) is 12.8. The van der Waals surface area contributed by atoms with Crippen molar-refractivity contribution < 1.29 is 10.0 Å². The molecule has 1 N–H and O–H groups in total. The van der Waals surface area contributed by atoms with Crippen molar-refractivity contribution in [1.82, 2.24) is 9.78 Å². The van der Waals surface area contributed by atoms with Crippen LogP contribution in [0, 0.1) is 17.0 Å². The molecule has 0 aliphatic heterocycles. The van der Waals surface area contributed by atoms with E-state index < -0.39 is 0 Å². The lowest BCUT2D eigenvalue weighted by Crippen LogP contribution is -2.40. The van der Waals surface area contributed by atoms with Gasteiger partial charge in [0.15, 0.2) is 0 Å². The first kappa shape index (κ1) is 15.8. The Labute approximate surface area is 124 Å². The van der Waals surface area contributed by atoms with Gasteiger partial charge in [-0.25, -0.2) is 4.68 Å². The fourth-order valence-electron chi connectivity index (χ4n) is 3.24. The van der Waals surface area contributed by atoms with Gasteiger partial charge < -0.3 is 10.0 Å². The van der Waals surface area contributed by atoms with Crippen molar-refractivity contribution in [1.29, 1.82) is 0 Å². The van der Waals surface area contributed by atoms with Crippen LogP contribution in [0.25, 0.3) is 0 Å². The second-order valence-corrected chi connectivity index (χ2v) is 5.54. The van der Waals surface area contributed by atoms with Crippen molar-refractivity contribution in [2.24, 2.45) is 0 Å². The predicted octanol–water partition coefficient (Wildman–Crippen LogP) is 2.25. The van der Waals surface area contributed by atoms with Crippen molar-refractivity contribution in [3.63, 3.8) is 0 Å². The number of nitro groups is 1. The van der Waals surface area contributed by atoms with Crippen molar-refractivity contribution in [2.45, 2.75) is 58.5 Å². The number of hydrogen-bond acceptors (Lipinski definition) is 5. The molecular weight excluding hydrogens is 272 g/mol. The first-order valence-electron chi connectivity index (χ1n) is 7.69. The van der Waals surface area contributed by atoms with E-state index in [1.54, 1.807) is 11.6 Å². The quantitative estimate of drug-likeness (QED) is 0.643. The van der Waals surface area contributed by atoms with Crippen LogP contribution in [0.5, 0.6) is 0 Å². The molecule has 1 aromatic heterocycles. The van der Waals surface area contributed by atoms with Gasteiger partial charge in [-0.15, -0.1) is 0 Å². The van der Waals surface area contributed by atoms with Gasteiger partial charge in [-0.05, 0) is 26.7 Å². The lowest BCUT2D eigenvalue weighted by atomic mass is 9.94. The van der Waals surface area contributed by atoms with Crippen LogP contribution in [-0.4, -0.2) is 39.0 Å². The molecule has 0 spiro atoms. The van der Waals surface area contributed by atoms with Gasteiger partial charge in [0.1, 0.15) is 5.69 Å². The zero-order valence-corrected chi connectivity index (χ0v) is 12.8. The van der Waals surface area contributed by atoms with Crippen LogP contribution in [0.1, 0.15) is 44.7 Å². The Kier molecular flexibility index (Phi) is 5.17. The van der Waals surface area contributed by atoms with Crippen molar-refractivity contribution in [3.8, 4) is 0 Å². The van der Waals surface area contributed by atoms with Crippen molar-refractivity contribution in [3.05, 3.63) is 15.8 Å². The molecule has 118 valence electrons. The number of anilines is 1. The number of nitrogens with zero attached hydrogens (tertiary/aromatic N) is 4. The van der Waals surface area contributed by atoms with Crippen molar-refractivity contribution in [2.75, 3.05) is 18.1 Å². The fourth-order valence-corrected chi connectivity index (χ4v) is 3.24.